The van der Waals surface area contributed by atoms with Crippen LogP contribution in [0.2, 0.25) is 0 Å². The molecule has 0 aliphatic carbocycles. The van der Waals surface area contributed by atoms with Crippen molar-refractivity contribution in [2.75, 3.05) is 4.72 Å². The van der Waals surface area contributed by atoms with Crippen LogP contribution in [0.5, 0.6) is 0 Å². The first-order chi connectivity index (χ1) is 10.0. The maximum atomic E-state index is 12.2. The average molecular weight is 318 g/mol. The van der Waals surface area contributed by atoms with Gasteiger partial charge >= 0.3 is 0 Å². The lowest BCUT2D eigenvalue weighted by molar-refractivity contribution is 0.600. The lowest BCUT2D eigenvalue weighted by atomic mass is 10.2. The van der Waals surface area contributed by atoms with Crippen molar-refractivity contribution in [3.8, 4) is 0 Å². The fourth-order valence-corrected chi connectivity index (χ4v) is 4.45. The molecule has 0 aliphatic heterocycles. The molecule has 0 saturated carbocycles. The molecule has 0 amide bonds. The normalized spacial score (nSPS) is 11.7. The number of rotatable bonds is 4. The number of para-hydroxylation sites is 1. The van der Waals surface area contributed by atoms with Gasteiger partial charge < -0.3 is 0 Å². The van der Waals surface area contributed by atoms with Crippen LogP contribution in [0.4, 0.5) is 5.13 Å². The van der Waals surface area contributed by atoms with Crippen LogP contribution in [0, 0.1) is 6.92 Å². The molecule has 108 valence electrons. The predicted octanol–water partition coefficient (Wildman–Crippen LogP) is 3.55. The summed E-state index contributed by atoms with van der Waals surface area (Å²) >= 11 is 1.35. The van der Waals surface area contributed by atoms with Gasteiger partial charge in [-0.15, -0.1) is 0 Å². The molecule has 1 N–H and O–H groups in total. The van der Waals surface area contributed by atoms with Gasteiger partial charge in [0.25, 0.3) is 0 Å². The van der Waals surface area contributed by atoms with Crippen molar-refractivity contribution in [2.45, 2.75) is 12.7 Å². The number of hydrogen-bond acceptors (Lipinski definition) is 4. The summed E-state index contributed by atoms with van der Waals surface area (Å²) in [6, 6.07) is 14.9. The summed E-state index contributed by atoms with van der Waals surface area (Å²) in [5, 5.41) is 0.412. The molecule has 0 spiro atoms. The molecule has 3 aromatic rings. The van der Waals surface area contributed by atoms with Crippen LogP contribution in [0.15, 0.2) is 48.5 Å². The summed E-state index contributed by atoms with van der Waals surface area (Å²) in [5.74, 6) is -0.0528. The van der Waals surface area contributed by atoms with Gasteiger partial charge in [-0.05, 0) is 24.1 Å². The quantitative estimate of drug-likeness (QED) is 0.800. The number of nitrogens with one attached hydrogen (secondary N) is 1. The second kappa shape index (κ2) is 5.46. The molecule has 0 bridgehead atoms. The number of anilines is 1. The minimum Gasteiger partial charge on any atom is -0.258 e. The summed E-state index contributed by atoms with van der Waals surface area (Å²) in [4.78, 5) is 4.37. The van der Waals surface area contributed by atoms with Crippen molar-refractivity contribution in [3.05, 3.63) is 59.7 Å². The molecule has 0 atom stereocenters. The van der Waals surface area contributed by atoms with E-state index in [-0.39, 0.29) is 5.75 Å². The lowest BCUT2D eigenvalue weighted by Crippen LogP contribution is -2.14. The molecule has 2 aromatic carbocycles. The molecule has 1 heterocycles. The van der Waals surface area contributed by atoms with E-state index in [1.54, 1.807) is 12.1 Å². The molecule has 0 saturated heterocycles. The molecule has 21 heavy (non-hydrogen) atoms. The Morgan fingerprint density at radius 1 is 1.10 bits per heavy atom. The van der Waals surface area contributed by atoms with E-state index >= 15 is 0 Å². The van der Waals surface area contributed by atoms with E-state index < -0.39 is 10.0 Å². The van der Waals surface area contributed by atoms with Crippen LogP contribution >= 0.6 is 11.3 Å². The van der Waals surface area contributed by atoms with Gasteiger partial charge in [-0.3, -0.25) is 4.72 Å². The Labute approximate surface area is 127 Å². The Balaban J connectivity index is 1.85. The van der Waals surface area contributed by atoms with Crippen LogP contribution in [0.1, 0.15) is 11.1 Å². The molecular formula is C15H14N2O2S2. The zero-order valence-corrected chi connectivity index (χ0v) is 13.0. The second-order valence-electron chi connectivity index (χ2n) is 4.79. The number of thiazole rings is 1. The predicted molar refractivity (Wildman–Crippen MR) is 87.0 cm³/mol. The number of aryl methyl sites for hydroxylation is 1. The number of aromatic nitrogens is 1. The highest BCUT2D eigenvalue weighted by atomic mass is 32.2. The third-order valence-corrected chi connectivity index (χ3v) is 5.35. The van der Waals surface area contributed by atoms with E-state index in [1.807, 2.05) is 43.3 Å². The lowest BCUT2D eigenvalue weighted by Gasteiger charge is -2.04. The number of sulfonamides is 1. The van der Waals surface area contributed by atoms with Crippen molar-refractivity contribution in [1.29, 1.82) is 0 Å². The van der Waals surface area contributed by atoms with Gasteiger partial charge in [0.2, 0.25) is 10.0 Å². The van der Waals surface area contributed by atoms with Gasteiger partial charge in [-0.2, -0.15) is 0 Å². The molecule has 6 heteroatoms. The smallest absolute Gasteiger partial charge is 0.238 e. The second-order valence-corrected chi connectivity index (χ2v) is 7.54. The summed E-state index contributed by atoms with van der Waals surface area (Å²) < 4.78 is 27.9. The minimum atomic E-state index is -3.45. The van der Waals surface area contributed by atoms with Gasteiger partial charge in [0.05, 0.1) is 16.0 Å². The van der Waals surface area contributed by atoms with Crippen molar-refractivity contribution in [3.63, 3.8) is 0 Å². The number of nitrogens with zero attached hydrogens (tertiary/aromatic N) is 1. The SMILES string of the molecule is Cc1cccc2sc(NS(=O)(=O)Cc3ccccc3)nc12. The van der Waals surface area contributed by atoms with Crippen molar-refractivity contribution < 1.29 is 8.42 Å². The maximum absolute atomic E-state index is 12.2. The molecule has 0 fully saturated rings. The van der Waals surface area contributed by atoms with E-state index in [0.29, 0.717) is 5.13 Å². The van der Waals surface area contributed by atoms with Crippen LogP contribution < -0.4 is 4.72 Å². The van der Waals surface area contributed by atoms with Crippen LogP contribution in [-0.2, 0) is 15.8 Å². The topological polar surface area (TPSA) is 59.1 Å². The van der Waals surface area contributed by atoms with Gasteiger partial charge in [-0.1, -0.05) is 53.8 Å². The molecule has 0 aliphatic rings. The average Bonchev–Trinajstić information content (AvgIpc) is 2.82. The Hall–Kier alpha value is -1.92. The Morgan fingerprint density at radius 2 is 1.86 bits per heavy atom. The highest BCUT2D eigenvalue weighted by Gasteiger charge is 2.15. The summed E-state index contributed by atoms with van der Waals surface area (Å²) in [7, 11) is -3.45. The molecule has 0 unspecified atom stereocenters. The molecule has 1 aromatic heterocycles. The van der Waals surface area contributed by atoms with Crippen molar-refractivity contribution in [2.24, 2.45) is 0 Å². The Bertz CT molecular complexity index is 871. The first-order valence-electron chi connectivity index (χ1n) is 6.44. The standard InChI is InChI=1S/C15H14N2O2S2/c1-11-6-5-9-13-14(11)16-15(20-13)17-21(18,19)10-12-7-3-2-4-8-12/h2-9H,10H2,1H3,(H,16,17). The monoisotopic (exact) mass is 318 g/mol. The highest BCUT2D eigenvalue weighted by Crippen LogP contribution is 2.28. The number of hydrogen-bond donors (Lipinski definition) is 1. The molecule has 3 rings (SSSR count). The summed E-state index contributed by atoms with van der Waals surface area (Å²) in [6.07, 6.45) is 0. The zero-order valence-electron chi connectivity index (χ0n) is 11.4. The van der Waals surface area contributed by atoms with Crippen LogP contribution in [0.3, 0.4) is 0 Å². The van der Waals surface area contributed by atoms with Crippen LogP contribution in [-0.4, -0.2) is 13.4 Å². The van der Waals surface area contributed by atoms with E-state index in [1.165, 1.54) is 11.3 Å². The van der Waals surface area contributed by atoms with Crippen molar-refractivity contribution in [1.82, 2.24) is 4.98 Å². The first kappa shape index (κ1) is 14.0. The third-order valence-electron chi connectivity index (χ3n) is 3.06. The highest BCUT2D eigenvalue weighted by molar-refractivity contribution is 7.92. The fraction of sp³-hybridized carbons (Fsp3) is 0.133. The van der Waals surface area contributed by atoms with Gasteiger partial charge in [0.1, 0.15) is 0 Å². The Morgan fingerprint density at radius 3 is 2.57 bits per heavy atom. The fourth-order valence-electron chi connectivity index (χ4n) is 2.09. The number of fused-ring (bicyclic) bond motifs is 1. The van der Waals surface area contributed by atoms with E-state index in [4.69, 9.17) is 0 Å². The summed E-state index contributed by atoms with van der Waals surface area (Å²) in [5.41, 5.74) is 2.64. The van der Waals surface area contributed by atoms with E-state index in [0.717, 1.165) is 21.3 Å². The summed E-state index contributed by atoms with van der Waals surface area (Å²) in [6.45, 7) is 1.96. The molecule has 4 nitrogen and oxygen atoms in total. The van der Waals surface area contributed by atoms with Crippen molar-refractivity contribution >= 4 is 36.7 Å². The molecule has 0 radical (unpaired) electrons. The first-order valence-corrected chi connectivity index (χ1v) is 8.91. The van der Waals surface area contributed by atoms with Gasteiger partial charge in [0.15, 0.2) is 5.13 Å². The van der Waals surface area contributed by atoms with Gasteiger partial charge in [0, 0.05) is 0 Å². The number of benzene rings is 2. The zero-order chi connectivity index (χ0) is 14.9. The maximum Gasteiger partial charge on any atom is 0.238 e. The van der Waals surface area contributed by atoms with Crippen LogP contribution in [0.25, 0.3) is 10.2 Å². The Kier molecular flexibility index (Phi) is 3.65. The minimum absolute atomic E-state index is 0.0528. The van der Waals surface area contributed by atoms with E-state index in [9.17, 15) is 8.42 Å². The van der Waals surface area contributed by atoms with E-state index in [2.05, 4.69) is 9.71 Å². The molecular weight excluding hydrogens is 304 g/mol. The largest absolute Gasteiger partial charge is 0.258 e. The van der Waals surface area contributed by atoms with Gasteiger partial charge in [-0.25, -0.2) is 13.4 Å². The third kappa shape index (κ3) is 3.22.